The summed E-state index contributed by atoms with van der Waals surface area (Å²) in [6.07, 6.45) is 3.61. The van der Waals surface area contributed by atoms with Crippen LogP contribution in [0.15, 0.2) is 47.1 Å². The van der Waals surface area contributed by atoms with Gasteiger partial charge in [0.1, 0.15) is 5.75 Å². The van der Waals surface area contributed by atoms with Crippen molar-refractivity contribution >= 4 is 33.5 Å². The number of aryl methyl sites for hydroxylation is 1. The highest BCUT2D eigenvalue weighted by Crippen LogP contribution is 2.35. The minimum Gasteiger partial charge on any atom is -0.493 e. The summed E-state index contributed by atoms with van der Waals surface area (Å²) in [5, 5.41) is 6.14. The number of rotatable bonds is 8. The molecule has 1 amide bonds. The molecule has 0 atom stereocenters. The lowest BCUT2D eigenvalue weighted by molar-refractivity contribution is 0.0948. The number of para-hydroxylation sites is 1. The van der Waals surface area contributed by atoms with Gasteiger partial charge in [0.15, 0.2) is 11.5 Å². The molecule has 9 heteroatoms. The molecule has 0 unspecified atom stereocenters. The minimum absolute atomic E-state index is 0.160. The molecule has 166 valence electrons. The Balaban J connectivity index is 1.58. The van der Waals surface area contributed by atoms with Crippen LogP contribution < -0.4 is 24.8 Å². The number of ether oxygens (including phenoxy) is 3. The number of halogens is 1. The van der Waals surface area contributed by atoms with Crippen molar-refractivity contribution in [3.05, 3.63) is 58.2 Å². The average molecular weight is 499 g/mol. The first-order valence-corrected chi connectivity index (χ1v) is 10.9. The van der Waals surface area contributed by atoms with E-state index < -0.39 is 0 Å². The number of benzene rings is 2. The van der Waals surface area contributed by atoms with Gasteiger partial charge in [-0.15, -0.1) is 0 Å². The molecule has 3 aromatic rings. The second-order valence-corrected chi connectivity index (χ2v) is 8.20. The molecule has 0 aliphatic heterocycles. The zero-order valence-corrected chi connectivity index (χ0v) is 19.5. The topological polar surface area (TPSA) is 94.6 Å². The number of nitrogens with one attached hydrogen (secondary N) is 2. The van der Waals surface area contributed by atoms with E-state index >= 15 is 0 Å². The fourth-order valence-corrected chi connectivity index (χ4v) is 3.45. The van der Waals surface area contributed by atoms with Crippen LogP contribution in [0.4, 0.5) is 11.6 Å². The summed E-state index contributed by atoms with van der Waals surface area (Å²) < 4.78 is 17.4. The van der Waals surface area contributed by atoms with Crippen molar-refractivity contribution in [1.29, 1.82) is 0 Å². The van der Waals surface area contributed by atoms with E-state index in [1.807, 2.05) is 19.1 Å². The van der Waals surface area contributed by atoms with Gasteiger partial charge in [-0.3, -0.25) is 4.79 Å². The molecule has 1 fully saturated rings. The lowest BCUT2D eigenvalue weighted by Crippen LogP contribution is -2.25. The number of amides is 1. The first-order valence-electron chi connectivity index (χ1n) is 10.1. The maximum Gasteiger partial charge on any atom is 0.255 e. The van der Waals surface area contributed by atoms with E-state index in [1.165, 1.54) is 0 Å². The monoisotopic (exact) mass is 498 g/mol. The van der Waals surface area contributed by atoms with Gasteiger partial charge in [0, 0.05) is 17.8 Å². The van der Waals surface area contributed by atoms with Gasteiger partial charge in [0.05, 0.1) is 30.5 Å². The third kappa shape index (κ3) is 4.94. The second-order valence-electron chi connectivity index (χ2n) is 7.35. The van der Waals surface area contributed by atoms with E-state index in [0.717, 1.165) is 24.1 Å². The predicted octanol–water partition coefficient (Wildman–Crippen LogP) is 4.99. The van der Waals surface area contributed by atoms with Gasteiger partial charge >= 0.3 is 0 Å². The molecular formula is C23H23BrN4O4. The van der Waals surface area contributed by atoms with Crippen LogP contribution in [0.2, 0.25) is 0 Å². The Labute approximate surface area is 194 Å². The maximum absolute atomic E-state index is 12.6. The van der Waals surface area contributed by atoms with Crippen LogP contribution in [0, 0.1) is 6.92 Å². The smallest absolute Gasteiger partial charge is 0.255 e. The van der Waals surface area contributed by atoms with Crippen LogP contribution >= 0.6 is 15.9 Å². The van der Waals surface area contributed by atoms with Crippen molar-refractivity contribution in [1.82, 2.24) is 15.3 Å². The Morgan fingerprint density at radius 1 is 1.12 bits per heavy atom. The van der Waals surface area contributed by atoms with E-state index in [0.29, 0.717) is 33.2 Å². The molecule has 2 N–H and O–H groups in total. The van der Waals surface area contributed by atoms with E-state index in [4.69, 9.17) is 14.2 Å². The number of hydrogen-bond acceptors (Lipinski definition) is 7. The molecule has 4 rings (SSSR count). The fourth-order valence-electron chi connectivity index (χ4n) is 3.18. The van der Waals surface area contributed by atoms with Gasteiger partial charge in [-0.1, -0.05) is 12.1 Å². The summed E-state index contributed by atoms with van der Waals surface area (Å²) in [4.78, 5) is 21.4. The molecule has 2 aromatic carbocycles. The number of carbonyl (C=O) groups excluding carboxylic acids is 1. The molecule has 1 saturated carbocycles. The summed E-state index contributed by atoms with van der Waals surface area (Å²) in [6.45, 7) is 1.92. The lowest BCUT2D eigenvalue weighted by Gasteiger charge is -2.14. The molecule has 8 nitrogen and oxygen atoms in total. The van der Waals surface area contributed by atoms with Gasteiger partial charge in [0.25, 0.3) is 5.91 Å². The van der Waals surface area contributed by atoms with Gasteiger partial charge in [-0.25, -0.2) is 4.98 Å². The summed E-state index contributed by atoms with van der Waals surface area (Å²) >= 11 is 3.42. The van der Waals surface area contributed by atoms with Gasteiger partial charge in [-0.05, 0) is 59.5 Å². The van der Waals surface area contributed by atoms with Crippen molar-refractivity contribution in [2.75, 3.05) is 19.5 Å². The summed E-state index contributed by atoms with van der Waals surface area (Å²) in [5.74, 6) is 2.13. The van der Waals surface area contributed by atoms with E-state index in [1.54, 1.807) is 44.7 Å². The first kappa shape index (κ1) is 21.9. The number of anilines is 2. The molecule has 0 bridgehead atoms. The third-order valence-electron chi connectivity index (χ3n) is 4.88. The van der Waals surface area contributed by atoms with Crippen molar-refractivity contribution < 1.29 is 19.0 Å². The lowest BCUT2D eigenvalue weighted by atomic mass is 10.2. The SMILES string of the molecule is COc1cc(Nc2ncc(Br)c(Oc3ccccc3C(=O)NC3CC3)n2)cc(C)c1OC. The molecule has 1 heterocycles. The molecule has 1 aromatic heterocycles. The second kappa shape index (κ2) is 9.44. The van der Waals surface area contributed by atoms with Crippen molar-refractivity contribution in [3.63, 3.8) is 0 Å². The maximum atomic E-state index is 12.6. The number of aromatic nitrogens is 2. The Morgan fingerprint density at radius 2 is 1.91 bits per heavy atom. The summed E-state index contributed by atoms with van der Waals surface area (Å²) in [7, 11) is 3.18. The van der Waals surface area contributed by atoms with Gasteiger partial charge < -0.3 is 24.8 Å². The van der Waals surface area contributed by atoms with Crippen LogP contribution in [0.3, 0.4) is 0 Å². The predicted molar refractivity (Wildman–Crippen MR) is 124 cm³/mol. The molecular weight excluding hydrogens is 476 g/mol. The van der Waals surface area contributed by atoms with Crippen LogP contribution in [0.5, 0.6) is 23.1 Å². The molecule has 0 saturated heterocycles. The highest BCUT2D eigenvalue weighted by molar-refractivity contribution is 9.10. The van der Waals surface area contributed by atoms with Crippen LogP contribution in [-0.4, -0.2) is 36.1 Å². The average Bonchev–Trinajstić information content (AvgIpc) is 3.60. The Bertz CT molecular complexity index is 1150. The molecule has 1 aliphatic carbocycles. The summed E-state index contributed by atoms with van der Waals surface area (Å²) in [6, 6.07) is 11.0. The standard InChI is InChI=1S/C23H23BrN4O4/c1-13-10-15(11-19(30-2)20(13)31-3)27-23-25-12-17(24)22(28-23)32-18-7-5-4-6-16(18)21(29)26-14-8-9-14/h4-7,10-12,14H,8-9H2,1-3H3,(H,26,29)(H,25,27,28). The van der Waals surface area contributed by atoms with E-state index in [9.17, 15) is 4.79 Å². The Kier molecular flexibility index (Phi) is 6.45. The highest BCUT2D eigenvalue weighted by atomic mass is 79.9. The molecule has 1 aliphatic rings. The van der Waals surface area contributed by atoms with Crippen molar-refractivity contribution in [2.24, 2.45) is 0 Å². The van der Waals surface area contributed by atoms with Crippen LogP contribution in [-0.2, 0) is 0 Å². The van der Waals surface area contributed by atoms with Crippen LogP contribution in [0.1, 0.15) is 28.8 Å². The zero-order chi connectivity index (χ0) is 22.7. The fraction of sp³-hybridized carbons (Fsp3) is 0.261. The minimum atomic E-state index is -0.160. The largest absolute Gasteiger partial charge is 0.493 e. The number of carbonyl (C=O) groups is 1. The summed E-state index contributed by atoms with van der Waals surface area (Å²) in [5.41, 5.74) is 2.09. The van der Waals surface area contributed by atoms with Gasteiger partial charge in [0.2, 0.25) is 11.8 Å². The number of nitrogens with zero attached hydrogens (tertiary/aromatic N) is 2. The third-order valence-corrected chi connectivity index (χ3v) is 5.43. The van der Waals surface area contributed by atoms with E-state index in [2.05, 4.69) is 36.5 Å². The van der Waals surface area contributed by atoms with E-state index in [-0.39, 0.29) is 17.8 Å². The van der Waals surface area contributed by atoms with Gasteiger partial charge in [-0.2, -0.15) is 4.98 Å². The normalized spacial score (nSPS) is 12.8. The molecule has 0 spiro atoms. The first-order chi connectivity index (χ1) is 15.5. The highest BCUT2D eigenvalue weighted by Gasteiger charge is 2.25. The quantitative estimate of drug-likeness (QED) is 0.451. The Morgan fingerprint density at radius 3 is 2.62 bits per heavy atom. The number of methoxy groups -OCH3 is 2. The zero-order valence-electron chi connectivity index (χ0n) is 17.9. The molecule has 0 radical (unpaired) electrons. The van der Waals surface area contributed by atoms with Crippen molar-refractivity contribution in [3.8, 4) is 23.1 Å². The molecule has 32 heavy (non-hydrogen) atoms. The van der Waals surface area contributed by atoms with Crippen LogP contribution in [0.25, 0.3) is 0 Å². The Hall–Kier alpha value is -3.33. The number of hydrogen-bond donors (Lipinski definition) is 2. The van der Waals surface area contributed by atoms with Crippen molar-refractivity contribution in [2.45, 2.75) is 25.8 Å².